The molecule has 1 aliphatic rings. The summed E-state index contributed by atoms with van der Waals surface area (Å²) in [6.07, 6.45) is -2.22. The van der Waals surface area contributed by atoms with Crippen LogP contribution in [0.15, 0.2) is 47.4 Å². The molecule has 1 aliphatic heterocycles. The Labute approximate surface area is 185 Å². The third kappa shape index (κ3) is 5.60. The van der Waals surface area contributed by atoms with Crippen LogP contribution in [0.3, 0.4) is 0 Å². The fraction of sp³-hybridized carbons (Fsp3) is 0.409. The van der Waals surface area contributed by atoms with Crippen LogP contribution in [0.25, 0.3) is 0 Å². The van der Waals surface area contributed by atoms with Gasteiger partial charge in [0.25, 0.3) is 5.91 Å². The van der Waals surface area contributed by atoms with Gasteiger partial charge in [0.15, 0.2) is 0 Å². The maximum atomic E-state index is 13.0. The molecule has 10 heteroatoms. The van der Waals surface area contributed by atoms with Crippen molar-refractivity contribution in [2.75, 3.05) is 18.4 Å². The van der Waals surface area contributed by atoms with E-state index in [0.29, 0.717) is 13.1 Å². The van der Waals surface area contributed by atoms with Gasteiger partial charge in [0.05, 0.1) is 22.3 Å². The Hall–Kier alpha value is -2.59. The SMILES string of the molecule is CC(C)Oc1ccc(S(=O)(=O)N2CCCCC2)cc1NC(=O)c1ccc(C(F)(F)F)cc1. The average molecular weight is 471 g/mol. The Balaban J connectivity index is 1.90. The Bertz CT molecular complexity index is 1060. The van der Waals surface area contributed by atoms with Gasteiger partial charge in [-0.25, -0.2) is 8.42 Å². The molecule has 1 fully saturated rings. The number of ether oxygens (including phenoxy) is 1. The number of nitrogens with one attached hydrogen (secondary N) is 1. The smallest absolute Gasteiger partial charge is 0.416 e. The van der Waals surface area contributed by atoms with E-state index in [1.807, 2.05) is 0 Å². The van der Waals surface area contributed by atoms with E-state index in [4.69, 9.17) is 4.74 Å². The molecule has 1 saturated heterocycles. The molecule has 174 valence electrons. The number of benzene rings is 2. The molecule has 0 atom stereocenters. The van der Waals surface area contributed by atoms with Crippen molar-refractivity contribution >= 4 is 21.6 Å². The van der Waals surface area contributed by atoms with Crippen LogP contribution < -0.4 is 10.1 Å². The number of carbonyl (C=O) groups is 1. The summed E-state index contributed by atoms with van der Waals surface area (Å²) in [4.78, 5) is 12.7. The Morgan fingerprint density at radius 1 is 1.03 bits per heavy atom. The molecular weight excluding hydrogens is 445 g/mol. The quantitative estimate of drug-likeness (QED) is 0.650. The van der Waals surface area contributed by atoms with Gasteiger partial charge in [-0.05, 0) is 69.2 Å². The standard InChI is InChI=1S/C22H25F3N2O4S/c1-15(2)31-20-11-10-18(32(29,30)27-12-4-3-5-13-27)14-19(20)26-21(28)16-6-8-17(9-7-16)22(23,24)25/h6-11,14-15H,3-5,12-13H2,1-2H3,(H,26,28). The Morgan fingerprint density at radius 3 is 2.22 bits per heavy atom. The number of anilines is 1. The fourth-order valence-corrected chi connectivity index (χ4v) is 4.93. The summed E-state index contributed by atoms with van der Waals surface area (Å²) >= 11 is 0. The lowest BCUT2D eigenvalue weighted by Crippen LogP contribution is -2.35. The van der Waals surface area contributed by atoms with Crippen LogP contribution in [0, 0.1) is 0 Å². The second-order valence-corrected chi connectivity index (χ2v) is 9.76. The van der Waals surface area contributed by atoms with E-state index < -0.39 is 27.7 Å². The zero-order valence-electron chi connectivity index (χ0n) is 17.8. The topological polar surface area (TPSA) is 75.7 Å². The highest BCUT2D eigenvalue weighted by atomic mass is 32.2. The molecule has 0 bridgehead atoms. The van der Waals surface area contributed by atoms with Gasteiger partial charge in [-0.1, -0.05) is 6.42 Å². The normalized spacial score (nSPS) is 15.6. The predicted octanol–water partition coefficient (Wildman–Crippen LogP) is 4.92. The number of rotatable bonds is 6. The van der Waals surface area contributed by atoms with Crippen LogP contribution in [0.1, 0.15) is 49.0 Å². The third-order valence-electron chi connectivity index (χ3n) is 4.99. The van der Waals surface area contributed by atoms with Crippen molar-refractivity contribution in [2.45, 2.75) is 50.3 Å². The molecule has 3 rings (SSSR count). The molecule has 32 heavy (non-hydrogen) atoms. The lowest BCUT2D eigenvalue weighted by atomic mass is 10.1. The molecule has 0 aliphatic carbocycles. The molecule has 0 saturated carbocycles. The average Bonchev–Trinajstić information content (AvgIpc) is 2.74. The molecule has 2 aromatic rings. The number of amides is 1. The number of carbonyl (C=O) groups excluding carboxylic acids is 1. The first kappa shape index (κ1) is 24.1. The number of halogens is 3. The van der Waals surface area contributed by atoms with Gasteiger partial charge in [0.2, 0.25) is 10.0 Å². The molecule has 0 radical (unpaired) electrons. The third-order valence-corrected chi connectivity index (χ3v) is 6.88. The van der Waals surface area contributed by atoms with Crippen molar-refractivity contribution in [3.05, 3.63) is 53.6 Å². The van der Waals surface area contributed by atoms with Crippen molar-refractivity contribution < 1.29 is 31.1 Å². The Kier molecular flexibility index (Phi) is 7.14. The number of nitrogens with zero attached hydrogens (tertiary/aromatic N) is 1. The molecule has 1 heterocycles. The highest BCUT2D eigenvalue weighted by Crippen LogP contribution is 2.32. The van der Waals surface area contributed by atoms with Crippen LogP contribution >= 0.6 is 0 Å². The maximum absolute atomic E-state index is 13.0. The van der Waals surface area contributed by atoms with Gasteiger partial charge in [-0.2, -0.15) is 17.5 Å². The molecule has 0 spiro atoms. The molecule has 1 N–H and O–H groups in total. The van der Waals surface area contributed by atoms with E-state index in [9.17, 15) is 26.4 Å². The Morgan fingerprint density at radius 2 is 1.66 bits per heavy atom. The van der Waals surface area contributed by atoms with Crippen molar-refractivity contribution in [3.63, 3.8) is 0 Å². The fourth-order valence-electron chi connectivity index (χ4n) is 3.38. The minimum absolute atomic E-state index is 0.00205. The minimum Gasteiger partial charge on any atom is -0.489 e. The van der Waals surface area contributed by atoms with Crippen LogP contribution in [0.5, 0.6) is 5.75 Å². The number of alkyl halides is 3. The summed E-state index contributed by atoms with van der Waals surface area (Å²) in [7, 11) is -3.75. The van der Waals surface area contributed by atoms with E-state index in [0.717, 1.165) is 43.5 Å². The van der Waals surface area contributed by atoms with Crippen LogP contribution in [0.2, 0.25) is 0 Å². The monoisotopic (exact) mass is 470 g/mol. The number of hydrogen-bond donors (Lipinski definition) is 1. The predicted molar refractivity (Wildman–Crippen MR) is 114 cm³/mol. The second kappa shape index (κ2) is 9.50. The van der Waals surface area contributed by atoms with Crippen LogP contribution in [-0.2, 0) is 16.2 Å². The number of sulfonamides is 1. The van der Waals surface area contributed by atoms with Crippen LogP contribution in [-0.4, -0.2) is 37.8 Å². The van der Waals surface area contributed by atoms with E-state index in [1.54, 1.807) is 13.8 Å². The van der Waals surface area contributed by atoms with Crippen molar-refractivity contribution in [3.8, 4) is 5.75 Å². The van der Waals surface area contributed by atoms with E-state index in [2.05, 4.69) is 5.32 Å². The summed E-state index contributed by atoms with van der Waals surface area (Å²) in [5.74, 6) is -0.419. The van der Waals surface area contributed by atoms with Gasteiger partial charge < -0.3 is 10.1 Å². The van der Waals surface area contributed by atoms with E-state index >= 15 is 0 Å². The summed E-state index contributed by atoms with van der Waals surface area (Å²) in [5, 5.41) is 2.58. The first-order valence-corrected chi connectivity index (χ1v) is 11.7. The summed E-state index contributed by atoms with van der Waals surface area (Å²) in [6.45, 7) is 4.42. The summed E-state index contributed by atoms with van der Waals surface area (Å²) in [6, 6.07) is 7.98. The highest BCUT2D eigenvalue weighted by molar-refractivity contribution is 7.89. The van der Waals surface area contributed by atoms with E-state index in [1.165, 1.54) is 22.5 Å². The molecule has 0 aromatic heterocycles. The molecule has 1 amide bonds. The maximum Gasteiger partial charge on any atom is 0.416 e. The second-order valence-electron chi connectivity index (χ2n) is 7.82. The lowest BCUT2D eigenvalue weighted by Gasteiger charge is -2.26. The molecule has 6 nitrogen and oxygen atoms in total. The largest absolute Gasteiger partial charge is 0.489 e. The first-order valence-electron chi connectivity index (χ1n) is 10.3. The van der Waals surface area contributed by atoms with Crippen LogP contribution in [0.4, 0.5) is 18.9 Å². The van der Waals surface area contributed by atoms with E-state index in [-0.39, 0.29) is 28.0 Å². The molecular formula is C22H25F3N2O4S. The number of hydrogen-bond acceptors (Lipinski definition) is 4. The van der Waals surface area contributed by atoms with Crippen molar-refractivity contribution in [1.29, 1.82) is 0 Å². The zero-order chi connectivity index (χ0) is 23.5. The molecule has 2 aromatic carbocycles. The lowest BCUT2D eigenvalue weighted by molar-refractivity contribution is -0.137. The summed E-state index contributed by atoms with van der Waals surface area (Å²) in [5.41, 5.74) is -0.744. The first-order chi connectivity index (χ1) is 15.0. The number of piperidine rings is 1. The highest BCUT2D eigenvalue weighted by Gasteiger charge is 2.30. The van der Waals surface area contributed by atoms with Crippen molar-refractivity contribution in [2.24, 2.45) is 0 Å². The van der Waals surface area contributed by atoms with Gasteiger partial charge in [0, 0.05) is 18.7 Å². The van der Waals surface area contributed by atoms with Gasteiger partial charge in [-0.3, -0.25) is 4.79 Å². The van der Waals surface area contributed by atoms with Gasteiger partial charge >= 0.3 is 6.18 Å². The van der Waals surface area contributed by atoms with Crippen molar-refractivity contribution in [1.82, 2.24) is 4.31 Å². The van der Waals surface area contributed by atoms with Gasteiger partial charge in [0.1, 0.15) is 5.75 Å². The zero-order valence-corrected chi connectivity index (χ0v) is 18.6. The van der Waals surface area contributed by atoms with Gasteiger partial charge in [-0.15, -0.1) is 0 Å². The summed E-state index contributed by atoms with van der Waals surface area (Å²) < 4.78 is 71.5. The minimum atomic E-state index is -4.51. The molecule has 0 unspecified atom stereocenters.